The highest BCUT2D eigenvalue weighted by Crippen LogP contribution is 2.26. The number of ether oxygens (including phenoxy) is 1. The molecule has 0 saturated heterocycles. The van der Waals surface area contributed by atoms with Crippen molar-refractivity contribution in [3.63, 3.8) is 0 Å². The molecule has 0 atom stereocenters. The van der Waals surface area contributed by atoms with Gasteiger partial charge in [0, 0.05) is 25.1 Å². The van der Waals surface area contributed by atoms with E-state index in [1.807, 2.05) is 24.3 Å². The Labute approximate surface area is 99.1 Å². The summed E-state index contributed by atoms with van der Waals surface area (Å²) >= 11 is 6.02. The van der Waals surface area contributed by atoms with Crippen LogP contribution in [0, 0.1) is 0 Å². The standard InChI is InChI=1S/C12H11ClN2O/c1-16-8-9-4-2-3-5-10(9)11-12(13)15-7-6-14-11/h2-7H,8H2,1H3. The predicted octanol–water partition coefficient (Wildman–Crippen LogP) is 2.94. The maximum absolute atomic E-state index is 6.02. The van der Waals surface area contributed by atoms with Crippen LogP contribution in [0.4, 0.5) is 0 Å². The summed E-state index contributed by atoms with van der Waals surface area (Å²) in [5, 5.41) is 0.408. The fraction of sp³-hybridized carbons (Fsp3) is 0.167. The zero-order valence-corrected chi connectivity index (χ0v) is 9.61. The summed E-state index contributed by atoms with van der Waals surface area (Å²) in [5.41, 5.74) is 2.70. The van der Waals surface area contributed by atoms with Crippen LogP contribution in [0.5, 0.6) is 0 Å². The molecule has 0 bridgehead atoms. The molecule has 82 valence electrons. The Morgan fingerprint density at radius 3 is 2.69 bits per heavy atom. The molecule has 0 unspecified atom stereocenters. The summed E-state index contributed by atoms with van der Waals surface area (Å²) in [7, 11) is 1.66. The van der Waals surface area contributed by atoms with E-state index in [2.05, 4.69) is 9.97 Å². The molecule has 1 aromatic heterocycles. The topological polar surface area (TPSA) is 35.0 Å². The predicted molar refractivity (Wildman–Crippen MR) is 63.2 cm³/mol. The van der Waals surface area contributed by atoms with Crippen molar-refractivity contribution in [2.75, 3.05) is 7.11 Å². The molecule has 0 aliphatic heterocycles. The molecule has 0 aliphatic carbocycles. The van der Waals surface area contributed by atoms with E-state index in [9.17, 15) is 0 Å². The van der Waals surface area contributed by atoms with Gasteiger partial charge >= 0.3 is 0 Å². The van der Waals surface area contributed by atoms with Crippen molar-refractivity contribution in [3.8, 4) is 11.3 Å². The molecule has 3 nitrogen and oxygen atoms in total. The van der Waals surface area contributed by atoms with Crippen LogP contribution >= 0.6 is 11.6 Å². The summed E-state index contributed by atoms with van der Waals surface area (Å²) in [6, 6.07) is 7.86. The number of hydrogen-bond donors (Lipinski definition) is 0. The number of hydrogen-bond acceptors (Lipinski definition) is 3. The summed E-state index contributed by atoms with van der Waals surface area (Å²) in [6.07, 6.45) is 3.20. The first kappa shape index (κ1) is 11.0. The third-order valence-electron chi connectivity index (χ3n) is 2.23. The van der Waals surface area contributed by atoms with Crippen LogP contribution in [0.25, 0.3) is 11.3 Å². The third-order valence-corrected chi connectivity index (χ3v) is 2.50. The van der Waals surface area contributed by atoms with Crippen molar-refractivity contribution in [1.82, 2.24) is 9.97 Å². The van der Waals surface area contributed by atoms with E-state index >= 15 is 0 Å². The fourth-order valence-corrected chi connectivity index (χ4v) is 1.74. The molecule has 0 amide bonds. The fourth-order valence-electron chi connectivity index (χ4n) is 1.53. The van der Waals surface area contributed by atoms with Crippen molar-refractivity contribution in [1.29, 1.82) is 0 Å². The zero-order chi connectivity index (χ0) is 11.4. The number of methoxy groups -OCH3 is 1. The van der Waals surface area contributed by atoms with E-state index in [1.54, 1.807) is 19.5 Å². The van der Waals surface area contributed by atoms with Gasteiger partial charge < -0.3 is 4.74 Å². The molecule has 0 radical (unpaired) electrons. The van der Waals surface area contributed by atoms with Gasteiger partial charge in [-0.15, -0.1) is 0 Å². The van der Waals surface area contributed by atoms with E-state index in [1.165, 1.54) is 0 Å². The molecule has 0 N–H and O–H groups in total. The SMILES string of the molecule is COCc1ccccc1-c1nccnc1Cl. The molecule has 0 aliphatic rings. The van der Waals surface area contributed by atoms with Gasteiger partial charge in [-0.05, 0) is 5.56 Å². The van der Waals surface area contributed by atoms with Gasteiger partial charge in [0.05, 0.1) is 6.61 Å². The molecule has 2 aromatic rings. The summed E-state index contributed by atoms with van der Waals surface area (Å²) in [5.74, 6) is 0. The second-order valence-corrected chi connectivity index (χ2v) is 3.64. The minimum Gasteiger partial charge on any atom is -0.380 e. The largest absolute Gasteiger partial charge is 0.380 e. The van der Waals surface area contributed by atoms with Gasteiger partial charge in [-0.2, -0.15) is 0 Å². The Kier molecular flexibility index (Phi) is 3.49. The monoisotopic (exact) mass is 234 g/mol. The normalized spacial score (nSPS) is 10.4. The Bertz CT molecular complexity index is 488. The van der Waals surface area contributed by atoms with Crippen LogP contribution in [0.15, 0.2) is 36.7 Å². The van der Waals surface area contributed by atoms with E-state index in [0.29, 0.717) is 17.5 Å². The van der Waals surface area contributed by atoms with Gasteiger partial charge in [0.2, 0.25) is 0 Å². The first-order valence-electron chi connectivity index (χ1n) is 4.86. The van der Waals surface area contributed by atoms with Crippen molar-refractivity contribution >= 4 is 11.6 Å². The zero-order valence-electron chi connectivity index (χ0n) is 8.85. The van der Waals surface area contributed by atoms with Gasteiger partial charge in [-0.1, -0.05) is 35.9 Å². The Balaban J connectivity index is 2.51. The number of aromatic nitrogens is 2. The summed E-state index contributed by atoms with van der Waals surface area (Å²) in [4.78, 5) is 8.26. The van der Waals surface area contributed by atoms with Crippen molar-refractivity contribution in [2.45, 2.75) is 6.61 Å². The first-order valence-corrected chi connectivity index (χ1v) is 5.24. The number of benzene rings is 1. The minimum atomic E-state index is 0.408. The number of rotatable bonds is 3. The third kappa shape index (κ3) is 2.21. The van der Waals surface area contributed by atoms with Gasteiger partial charge in [0.15, 0.2) is 5.15 Å². The molecule has 0 saturated carbocycles. The van der Waals surface area contributed by atoms with Crippen molar-refractivity contribution in [3.05, 3.63) is 47.4 Å². The lowest BCUT2D eigenvalue weighted by atomic mass is 10.1. The highest BCUT2D eigenvalue weighted by Gasteiger charge is 2.09. The quantitative estimate of drug-likeness (QED) is 0.819. The van der Waals surface area contributed by atoms with E-state index in [4.69, 9.17) is 16.3 Å². The lowest BCUT2D eigenvalue weighted by Gasteiger charge is -2.08. The number of halogens is 1. The van der Waals surface area contributed by atoms with Gasteiger partial charge in [-0.25, -0.2) is 4.98 Å². The van der Waals surface area contributed by atoms with Crippen LogP contribution in [0.3, 0.4) is 0 Å². The summed E-state index contributed by atoms with van der Waals surface area (Å²) < 4.78 is 5.14. The van der Waals surface area contributed by atoms with Crippen LogP contribution in [-0.4, -0.2) is 17.1 Å². The van der Waals surface area contributed by atoms with Crippen LogP contribution in [0.2, 0.25) is 5.15 Å². The molecule has 16 heavy (non-hydrogen) atoms. The minimum absolute atomic E-state index is 0.408. The van der Waals surface area contributed by atoms with Crippen molar-refractivity contribution < 1.29 is 4.74 Å². The smallest absolute Gasteiger partial charge is 0.155 e. The van der Waals surface area contributed by atoms with Crippen LogP contribution < -0.4 is 0 Å². The maximum Gasteiger partial charge on any atom is 0.155 e. The molecular weight excluding hydrogens is 224 g/mol. The first-order chi connectivity index (χ1) is 7.83. The maximum atomic E-state index is 6.02. The van der Waals surface area contributed by atoms with Gasteiger partial charge in [0.25, 0.3) is 0 Å². The van der Waals surface area contributed by atoms with Gasteiger partial charge in [0.1, 0.15) is 5.69 Å². The molecule has 1 heterocycles. The molecule has 1 aromatic carbocycles. The van der Waals surface area contributed by atoms with Crippen molar-refractivity contribution in [2.24, 2.45) is 0 Å². The summed E-state index contributed by atoms with van der Waals surface area (Å²) in [6.45, 7) is 0.531. The van der Waals surface area contributed by atoms with Gasteiger partial charge in [-0.3, -0.25) is 4.98 Å². The molecular formula is C12H11ClN2O. The Hall–Kier alpha value is -1.45. The highest BCUT2D eigenvalue weighted by molar-refractivity contribution is 6.31. The molecule has 0 spiro atoms. The average molecular weight is 235 g/mol. The highest BCUT2D eigenvalue weighted by atomic mass is 35.5. The second-order valence-electron chi connectivity index (χ2n) is 3.29. The number of nitrogens with zero attached hydrogens (tertiary/aromatic N) is 2. The molecule has 2 rings (SSSR count). The molecule has 4 heteroatoms. The second kappa shape index (κ2) is 5.05. The van der Waals surface area contributed by atoms with E-state index in [-0.39, 0.29) is 0 Å². The van der Waals surface area contributed by atoms with Crippen LogP contribution in [-0.2, 0) is 11.3 Å². The van der Waals surface area contributed by atoms with E-state index < -0.39 is 0 Å². The Morgan fingerprint density at radius 1 is 1.19 bits per heavy atom. The van der Waals surface area contributed by atoms with Crippen LogP contribution in [0.1, 0.15) is 5.56 Å². The lowest BCUT2D eigenvalue weighted by Crippen LogP contribution is -1.94. The lowest BCUT2D eigenvalue weighted by molar-refractivity contribution is 0.185. The average Bonchev–Trinajstić information content (AvgIpc) is 2.31. The Morgan fingerprint density at radius 2 is 1.94 bits per heavy atom. The molecule has 0 fully saturated rings. The van der Waals surface area contributed by atoms with E-state index in [0.717, 1.165) is 11.1 Å².